The number of aryl methyl sites for hydroxylation is 1. The van der Waals surface area contributed by atoms with Gasteiger partial charge in [-0.3, -0.25) is 4.90 Å². The van der Waals surface area contributed by atoms with E-state index >= 15 is 0 Å². The molecule has 0 saturated carbocycles. The molecule has 3 rings (SSSR count). The van der Waals surface area contributed by atoms with E-state index in [-0.39, 0.29) is 36.6 Å². The Bertz CT molecular complexity index is 752. The van der Waals surface area contributed by atoms with Crippen LogP contribution >= 0.6 is 24.0 Å². The van der Waals surface area contributed by atoms with Crippen LogP contribution in [0.15, 0.2) is 44.4 Å². The Morgan fingerprint density at radius 2 is 2.03 bits per heavy atom. The maximum atomic E-state index is 10.6. The predicted molar refractivity (Wildman–Crippen MR) is 125 cm³/mol. The number of furan rings is 2. The second kappa shape index (κ2) is 11.0. The summed E-state index contributed by atoms with van der Waals surface area (Å²) < 4.78 is 11.3. The second-order valence-electron chi connectivity index (χ2n) is 7.53. The summed E-state index contributed by atoms with van der Waals surface area (Å²) in [6, 6.07) is 7.76. The van der Waals surface area contributed by atoms with Gasteiger partial charge in [0.2, 0.25) is 0 Å². The van der Waals surface area contributed by atoms with Gasteiger partial charge in [-0.25, -0.2) is 4.99 Å². The summed E-state index contributed by atoms with van der Waals surface area (Å²) in [5.41, 5.74) is -1.15. The first-order chi connectivity index (χ1) is 13.5. The zero-order valence-electron chi connectivity index (χ0n) is 17.5. The van der Waals surface area contributed by atoms with Gasteiger partial charge in [0.1, 0.15) is 22.9 Å². The topological polar surface area (TPSA) is 86.2 Å². The Morgan fingerprint density at radius 1 is 1.28 bits per heavy atom. The number of aliphatic imine (C=N–C) groups is 1. The maximum absolute atomic E-state index is 10.6. The molecule has 0 spiro atoms. The minimum absolute atomic E-state index is 0. The zero-order valence-corrected chi connectivity index (χ0v) is 19.8. The van der Waals surface area contributed by atoms with Crippen LogP contribution in [0.25, 0.3) is 0 Å². The number of guanidine groups is 1. The van der Waals surface area contributed by atoms with Crippen LogP contribution in [-0.4, -0.2) is 48.7 Å². The molecule has 7 nitrogen and oxygen atoms in total. The van der Waals surface area contributed by atoms with Crippen LogP contribution < -0.4 is 10.6 Å². The summed E-state index contributed by atoms with van der Waals surface area (Å²) in [5.74, 6) is 3.08. The lowest BCUT2D eigenvalue weighted by Gasteiger charge is -2.27. The average molecular weight is 516 g/mol. The summed E-state index contributed by atoms with van der Waals surface area (Å²) in [6.07, 6.45) is 4.00. The van der Waals surface area contributed by atoms with Crippen molar-refractivity contribution in [3.63, 3.8) is 0 Å². The van der Waals surface area contributed by atoms with E-state index in [1.807, 2.05) is 19.9 Å². The van der Waals surface area contributed by atoms with E-state index in [9.17, 15) is 5.11 Å². The first-order valence-electron chi connectivity index (χ1n) is 10.1. The third-order valence-corrected chi connectivity index (χ3v) is 5.08. The molecular weight excluding hydrogens is 483 g/mol. The molecule has 2 unspecified atom stereocenters. The van der Waals surface area contributed by atoms with Crippen LogP contribution in [0.3, 0.4) is 0 Å². The highest BCUT2D eigenvalue weighted by molar-refractivity contribution is 14.0. The summed E-state index contributed by atoms with van der Waals surface area (Å²) in [7, 11) is 0. The Morgan fingerprint density at radius 3 is 2.62 bits per heavy atom. The van der Waals surface area contributed by atoms with Crippen molar-refractivity contribution in [2.24, 2.45) is 4.99 Å². The molecule has 0 radical (unpaired) electrons. The van der Waals surface area contributed by atoms with E-state index in [0.717, 1.165) is 31.2 Å². The Labute approximate surface area is 190 Å². The highest BCUT2D eigenvalue weighted by Crippen LogP contribution is 2.26. The quantitative estimate of drug-likeness (QED) is 0.284. The van der Waals surface area contributed by atoms with Crippen LogP contribution in [0.2, 0.25) is 0 Å². The number of halogens is 1. The SMILES string of the molecule is CCNC(=NCC(C)(O)c1ccco1)NCC(c1ccc(C)o1)N1CCCC1.I. The molecule has 162 valence electrons. The fourth-order valence-corrected chi connectivity index (χ4v) is 3.53. The van der Waals surface area contributed by atoms with E-state index in [4.69, 9.17) is 8.83 Å². The van der Waals surface area contributed by atoms with E-state index in [1.165, 1.54) is 12.8 Å². The van der Waals surface area contributed by atoms with Crippen LogP contribution in [0, 0.1) is 6.92 Å². The standard InChI is InChI=1S/C21H32N4O3.HI/c1-4-22-20(24-15-21(3,26)19-8-7-13-27-19)23-14-17(25-11-5-6-12-25)18-10-9-16(2)28-18;/h7-10,13,17,26H,4-6,11-12,14-15H2,1-3H3,(H2,22,23,24);1H. The van der Waals surface area contributed by atoms with Crippen LogP contribution in [-0.2, 0) is 5.60 Å². The van der Waals surface area contributed by atoms with Gasteiger partial charge in [-0.1, -0.05) is 0 Å². The van der Waals surface area contributed by atoms with Crippen molar-refractivity contribution >= 4 is 29.9 Å². The Balaban J connectivity index is 0.00000300. The highest BCUT2D eigenvalue weighted by Gasteiger charge is 2.28. The number of hydrogen-bond donors (Lipinski definition) is 3. The molecule has 0 aliphatic carbocycles. The lowest BCUT2D eigenvalue weighted by molar-refractivity contribution is 0.0437. The maximum Gasteiger partial charge on any atom is 0.191 e. The molecule has 1 aliphatic heterocycles. The van der Waals surface area contributed by atoms with Gasteiger partial charge in [-0.05, 0) is 71.0 Å². The Kier molecular flexibility index (Phi) is 9.04. The molecule has 2 aromatic heterocycles. The monoisotopic (exact) mass is 516 g/mol. The second-order valence-corrected chi connectivity index (χ2v) is 7.53. The van der Waals surface area contributed by atoms with Crippen molar-refractivity contribution in [2.75, 3.05) is 32.7 Å². The fourth-order valence-electron chi connectivity index (χ4n) is 3.53. The van der Waals surface area contributed by atoms with Gasteiger partial charge in [0.15, 0.2) is 5.96 Å². The normalized spacial score (nSPS) is 18.1. The van der Waals surface area contributed by atoms with Crippen molar-refractivity contribution in [3.8, 4) is 0 Å². The van der Waals surface area contributed by atoms with Crippen LogP contribution in [0.5, 0.6) is 0 Å². The summed E-state index contributed by atoms with van der Waals surface area (Å²) in [6.45, 7) is 9.47. The third-order valence-electron chi connectivity index (χ3n) is 5.08. The molecule has 0 aromatic carbocycles. The smallest absolute Gasteiger partial charge is 0.191 e. The predicted octanol–water partition coefficient (Wildman–Crippen LogP) is 3.40. The number of rotatable bonds is 8. The third kappa shape index (κ3) is 6.48. The molecule has 1 saturated heterocycles. The van der Waals surface area contributed by atoms with E-state index in [0.29, 0.717) is 18.3 Å². The molecule has 1 aliphatic rings. The van der Waals surface area contributed by atoms with Crippen LogP contribution in [0.4, 0.5) is 0 Å². The van der Waals surface area contributed by atoms with Gasteiger partial charge < -0.3 is 24.6 Å². The summed E-state index contributed by atoms with van der Waals surface area (Å²) in [4.78, 5) is 7.03. The molecule has 29 heavy (non-hydrogen) atoms. The Hall–Kier alpha value is -1.52. The van der Waals surface area contributed by atoms with Crippen molar-refractivity contribution < 1.29 is 13.9 Å². The first kappa shape index (κ1) is 23.8. The van der Waals surface area contributed by atoms with Gasteiger partial charge in [0.25, 0.3) is 0 Å². The fraction of sp³-hybridized carbons (Fsp3) is 0.571. The number of hydrogen-bond acceptors (Lipinski definition) is 5. The van der Waals surface area contributed by atoms with E-state index in [1.54, 1.807) is 25.3 Å². The molecular formula is C21H33IN4O3. The molecule has 2 aromatic rings. The number of aliphatic hydroxyl groups is 1. The van der Waals surface area contributed by atoms with Crippen molar-refractivity contribution in [1.29, 1.82) is 0 Å². The van der Waals surface area contributed by atoms with E-state index in [2.05, 4.69) is 26.6 Å². The van der Waals surface area contributed by atoms with Gasteiger partial charge in [-0.2, -0.15) is 0 Å². The van der Waals surface area contributed by atoms with Crippen molar-refractivity contribution in [3.05, 3.63) is 47.8 Å². The highest BCUT2D eigenvalue weighted by atomic mass is 127. The lowest BCUT2D eigenvalue weighted by Crippen LogP contribution is -2.43. The number of nitrogens with zero attached hydrogens (tertiary/aromatic N) is 2. The molecule has 3 N–H and O–H groups in total. The first-order valence-corrected chi connectivity index (χ1v) is 10.1. The molecule has 2 atom stereocenters. The van der Waals surface area contributed by atoms with Crippen molar-refractivity contribution in [2.45, 2.75) is 45.3 Å². The molecule has 3 heterocycles. The summed E-state index contributed by atoms with van der Waals surface area (Å²) >= 11 is 0. The number of likely N-dealkylation sites (tertiary alicyclic amines) is 1. The van der Waals surface area contributed by atoms with Crippen molar-refractivity contribution in [1.82, 2.24) is 15.5 Å². The van der Waals surface area contributed by atoms with Gasteiger partial charge in [0, 0.05) is 13.1 Å². The zero-order chi connectivity index (χ0) is 20.0. The molecule has 0 amide bonds. The average Bonchev–Trinajstić information content (AvgIpc) is 3.42. The minimum atomic E-state index is -1.15. The number of nitrogens with one attached hydrogen (secondary N) is 2. The molecule has 8 heteroatoms. The molecule has 1 fully saturated rings. The summed E-state index contributed by atoms with van der Waals surface area (Å²) in [5, 5.41) is 17.3. The van der Waals surface area contributed by atoms with Crippen LogP contribution in [0.1, 0.15) is 50.0 Å². The van der Waals surface area contributed by atoms with Gasteiger partial charge in [-0.15, -0.1) is 24.0 Å². The largest absolute Gasteiger partial charge is 0.466 e. The lowest BCUT2D eigenvalue weighted by atomic mass is 10.0. The van der Waals surface area contributed by atoms with E-state index < -0.39 is 5.60 Å². The van der Waals surface area contributed by atoms with Gasteiger partial charge >= 0.3 is 0 Å². The molecule has 0 bridgehead atoms. The minimum Gasteiger partial charge on any atom is -0.466 e. The van der Waals surface area contributed by atoms with Gasteiger partial charge in [0.05, 0.1) is 18.8 Å².